The average Bonchev–Trinajstić information content (AvgIpc) is 2.39. The van der Waals surface area contributed by atoms with Gasteiger partial charge in [-0.15, -0.1) is 0 Å². The van der Waals surface area contributed by atoms with Gasteiger partial charge in [-0.3, -0.25) is 14.8 Å². The third-order valence-electron chi connectivity index (χ3n) is 2.52. The number of halogens is 1. The summed E-state index contributed by atoms with van der Waals surface area (Å²) in [6.45, 7) is 0.514. The number of hydrogen-bond donors (Lipinski definition) is 0. The Morgan fingerprint density at radius 1 is 1.22 bits per heavy atom. The summed E-state index contributed by atoms with van der Waals surface area (Å²) < 4.78 is 0. The van der Waals surface area contributed by atoms with E-state index in [2.05, 4.69) is 9.97 Å². The summed E-state index contributed by atoms with van der Waals surface area (Å²) in [6.07, 6.45) is 6.43. The lowest BCUT2D eigenvalue weighted by atomic mass is 10.2. The first-order chi connectivity index (χ1) is 8.68. The number of nitrogens with zero attached hydrogens (tertiary/aromatic N) is 3. The van der Waals surface area contributed by atoms with Crippen LogP contribution in [-0.4, -0.2) is 27.8 Å². The fraction of sp³-hybridized carbons (Fsp3) is 0.154. The molecule has 0 aromatic carbocycles. The summed E-state index contributed by atoms with van der Waals surface area (Å²) in [5.74, 6) is -0.126. The smallest absolute Gasteiger partial charge is 0.255 e. The van der Waals surface area contributed by atoms with Crippen LogP contribution < -0.4 is 0 Å². The molecule has 2 aromatic rings. The molecule has 1 amide bonds. The van der Waals surface area contributed by atoms with Gasteiger partial charge >= 0.3 is 0 Å². The topological polar surface area (TPSA) is 46.1 Å². The molecule has 0 radical (unpaired) electrons. The number of carbonyl (C=O) groups is 1. The fourth-order valence-corrected chi connectivity index (χ4v) is 1.79. The van der Waals surface area contributed by atoms with Crippen molar-refractivity contribution in [2.75, 3.05) is 7.05 Å². The largest absolute Gasteiger partial charge is 0.337 e. The highest BCUT2D eigenvalue weighted by atomic mass is 35.5. The maximum Gasteiger partial charge on any atom is 0.255 e. The molecule has 0 saturated heterocycles. The molecule has 0 aliphatic heterocycles. The van der Waals surface area contributed by atoms with Crippen LogP contribution in [0.15, 0.2) is 43.0 Å². The van der Waals surface area contributed by atoms with Gasteiger partial charge in [0.1, 0.15) is 0 Å². The Kier molecular flexibility index (Phi) is 3.89. The molecule has 0 aliphatic rings. The lowest BCUT2D eigenvalue weighted by Crippen LogP contribution is -2.26. The summed E-state index contributed by atoms with van der Waals surface area (Å²) in [7, 11) is 1.74. The summed E-state index contributed by atoms with van der Waals surface area (Å²) in [5.41, 5.74) is 1.48. The Morgan fingerprint density at radius 2 is 1.89 bits per heavy atom. The van der Waals surface area contributed by atoms with E-state index in [0.717, 1.165) is 5.56 Å². The zero-order valence-corrected chi connectivity index (χ0v) is 10.6. The minimum absolute atomic E-state index is 0.126. The highest BCUT2D eigenvalue weighted by Gasteiger charge is 2.14. The molecule has 0 N–H and O–H groups in total. The molecule has 18 heavy (non-hydrogen) atoms. The maximum absolute atomic E-state index is 12.2. The van der Waals surface area contributed by atoms with Gasteiger partial charge in [-0.2, -0.15) is 0 Å². The van der Waals surface area contributed by atoms with Gasteiger partial charge in [0.2, 0.25) is 0 Å². The van der Waals surface area contributed by atoms with Gasteiger partial charge in [0.25, 0.3) is 5.91 Å². The van der Waals surface area contributed by atoms with Crippen LogP contribution in [0.3, 0.4) is 0 Å². The second-order valence-corrected chi connectivity index (χ2v) is 4.28. The lowest BCUT2D eigenvalue weighted by molar-refractivity contribution is 0.0785. The predicted molar refractivity (Wildman–Crippen MR) is 69.3 cm³/mol. The molecule has 4 nitrogen and oxygen atoms in total. The van der Waals surface area contributed by atoms with Crippen LogP contribution in [0.5, 0.6) is 0 Å². The number of rotatable bonds is 3. The van der Waals surface area contributed by atoms with Gasteiger partial charge in [-0.25, -0.2) is 0 Å². The van der Waals surface area contributed by atoms with Crippen LogP contribution in [-0.2, 0) is 6.54 Å². The standard InChI is InChI=1S/C13H12ClN3O/c1-17(9-10-2-5-15-6-3-10)13(18)11-4-7-16-8-12(11)14/h2-8H,9H2,1H3. The first kappa shape index (κ1) is 12.5. The maximum atomic E-state index is 12.2. The number of aromatic nitrogens is 2. The molecule has 0 unspecified atom stereocenters. The molecular weight excluding hydrogens is 250 g/mol. The summed E-state index contributed by atoms with van der Waals surface area (Å²) in [4.78, 5) is 21.6. The second kappa shape index (κ2) is 5.60. The molecule has 0 spiro atoms. The summed E-state index contributed by atoms with van der Waals surface area (Å²) in [6, 6.07) is 5.36. The molecule has 5 heteroatoms. The van der Waals surface area contributed by atoms with Crippen molar-refractivity contribution in [1.82, 2.24) is 14.9 Å². The van der Waals surface area contributed by atoms with E-state index in [1.54, 1.807) is 36.6 Å². The molecule has 2 rings (SSSR count). The molecule has 2 aromatic heterocycles. The quantitative estimate of drug-likeness (QED) is 0.852. The van der Waals surface area contributed by atoms with Crippen molar-refractivity contribution in [2.24, 2.45) is 0 Å². The van der Waals surface area contributed by atoms with Crippen LogP contribution in [0.2, 0.25) is 5.02 Å². The Balaban J connectivity index is 2.13. The number of carbonyl (C=O) groups excluding carboxylic acids is 1. The van der Waals surface area contributed by atoms with Crippen molar-refractivity contribution < 1.29 is 4.79 Å². The number of hydrogen-bond acceptors (Lipinski definition) is 3. The van der Waals surface area contributed by atoms with Crippen molar-refractivity contribution in [2.45, 2.75) is 6.54 Å². The fourth-order valence-electron chi connectivity index (χ4n) is 1.59. The first-order valence-electron chi connectivity index (χ1n) is 5.42. The van der Waals surface area contributed by atoms with Crippen molar-refractivity contribution in [3.05, 3.63) is 59.1 Å². The van der Waals surface area contributed by atoms with Gasteiger partial charge in [0, 0.05) is 38.4 Å². The van der Waals surface area contributed by atoms with E-state index in [4.69, 9.17) is 11.6 Å². The normalized spacial score (nSPS) is 10.1. The van der Waals surface area contributed by atoms with Gasteiger partial charge in [0.15, 0.2) is 0 Å². The molecule has 0 bridgehead atoms. The average molecular weight is 262 g/mol. The highest BCUT2D eigenvalue weighted by Crippen LogP contribution is 2.16. The number of pyridine rings is 2. The second-order valence-electron chi connectivity index (χ2n) is 3.87. The van der Waals surface area contributed by atoms with E-state index in [1.165, 1.54) is 6.20 Å². The third-order valence-corrected chi connectivity index (χ3v) is 2.82. The zero-order chi connectivity index (χ0) is 13.0. The van der Waals surface area contributed by atoms with Gasteiger partial charge in [-0.1, -0.05) is 11.6 Å². The van der Waals surface area contributed by atoms with Crippen molar-refractivity contribution in [1.29, 1.82) is 0 Å². The van der Waals surface area contributed by atoms with E-state index in [1.807, 2.05) is 12.1 Å². The Labute approximate surface area is 110 Å². The molecule has 0 fully saturated rings. The monoisotopic (exact) mass is 261 g/mol. The number of amides is 1. The van der Waals surface area contributed by atoms with Crippen molar-refractivity contribution >= 4 is 17.5 Å². The summed E-state index contributed by atoms with van der Waals surface area (Å²) >= 11 is 5.95. The zero-order valence-electron chi connectivity index (χ0n) is 9.88. The highest BCUT2D eigenvalue weighted by molar-refractivity contribution is 6.33. The van der Waals surface area contributed by atoms with Crippen molar-refractivity contribution in [3.63, 3.8) is 0 Å². The third kappa shape index (κ3) is 2.84. The molecule has 92 valence electrons. The van der Waals surface area contributed by atoms with Gasteiger partial charge in [0.05, 0.1) is 10.6 Å². The SMILES string of the molecule is CN(Cc1ccncc1)C(=O)c1ccncc1Cl. The molecule has 0 saturated carbocycles. The molecule has 0 aliphatic carbocycles. The van der Waals surface area contributed by atoms with E-state index in [-0.39, 0.29) is 5.91 Å². The van der Waals surface area contributed by atoms with Crippen LogP contribution in [0.25, 0.3) is 0 Å². The lowest BCUT2D eigenvalue weighted by Gasteiger charge is -2.17. The Bertz CT molecular complexity index is 545. The van der Waals surface area contributed by atoms with Gasteiger partial charge in [-0.05, 0) is 23.8 Å². The summed E-state index contributed by atoms with van der Waals surface area (Å²) in [5, 5.41) is 0.365. The molecular formula is C13H12ClN3O. The van der Waals surface area contributed by atoms with E-state index >= 15 is 0 Å². The minimum Gasteiger partial charge on any atom is -0.337 e. The minimum atomic E-state index is -0.126. The van der Waals surface area contributed by atoms with Crippen molar-refractivity contribution in [3.8, 4) is 0 Å². The van der Waals surface area contributed by atoms with E-state index in [9.17, 15) is 4.79 Å². The van der Waals surface area contributed by atoms with Crippen LogP contribution >= 0.6 is 11.6 Å². The van der Waals surface area contributed by atoms with Gasteiger partial charge < -0.3 is 4.90 Å². The molecule has 2 heterocycles. The Hall–Kier alpha value is -1.94. The van der Waals surface area contributed by atoms with Crippen LogP contribution in [0.1, 0.15) is 15.9 Å². The van der Waals surface area contributed by atoms with Crippen LogP contribution in [0.4, 0.5) is 0 Å². The van der Waals surface area contributed by atoms with E-state index < -0.39 is 0 Å². The van der Waals surface area contributed by atoms with E-state index in [0.29, 0.717) is 17.1 Å². The Morgan fingerprint density at radius 3 is 2.56 bits per heavy atom. The van der Waals surface area contributed by atoms with Crippen LogP contribution in [0, 0.1) is 0 Å². The molecule has 0 atom stereocenters. The predicted octanol–water partition coefficient (Wildman–Crippen LogP) is 2.40. The first-order valence-corrected chi connectivity index (χ1v) is 5.80.